The molecule has 1 atom stereocenters. The van der Waals surface area contributed by atoms with E-state index in [-0.39, 0.29) is 11.7 Å². The molecular formula is C21H20O2S. The standard InChI is InChI=1S/C21H20O2S/c1-14-12-19(24-18-10-8-17(22)9-11-18)13-20(21(14)23)15(2)16-6-4-3-5-7-16/h3-13,15,22-23H,1-2H3. The Kier molecular flexibility index (Phi) is 4.81. The molecule has 24 heavy (non-hydrogen) atoms. The third kappa shape index (κ3) is 3.57. The first kappa shape index (κ1) is 16.5. The fourth-order valence-corrected chi connectivity index (χ4v) is 3.70. The molecule has 3 rings (SSSR count). The topological polar surface area (TPSA) is 40.5 Å². The van der Waals surface area contributed by atoms with Gasteiger partial charge < -0.3 is 10.2 Å². The predicted molar refractivity (Wildman–Crippen MR) is 99.0 cm³/mol. The largest absolute Gasteiger partial charge is 0.508 e. The molecule has 0 aliphatic heterocycles. The van der Waals surface area contributed by atoms with Crippen LogP contribution in [0.4, 0.5) is 0 Å². The highest BCUT2D eigenvalue weighted by atomic mass is 32.2. The molecule has 0 aliphatic carbocycles. The van der Waals surface area contributed by atoms with Crippen molar-refractivity contribution in [3.05, 3.63) is 83.4 Å². The van der Waals surface area contributed by atoms with Gasteiger partial charge in [-0.3, -0.25) is 0 Å². The monoisotopic (exact) mass is 336 g/mol. The van der Waals surface area contributed by atoms with Gasteiger partial charge in [-0.25, -0.2) is 0 Å². The number of hydrogen-bond acceptors (Lipinski definition) is 3. The van der Waals surface area contributed by atoms with E-state index in [1.54, 1.807) is 23.9 Å². The number of hydrogen-bond donors (Lipinski definition) is 2. The van der Waals surface area contributed by atoms with Crippen LogP contribution in [0.2, 0.25) is 0 Å². The van der Waals surface area contributed by atoms with Gasteiger partial charge in [0.05, 0.1) is 0 Å². The van der Waals surface area contributed by atoms with Crippen LogP contribution in [0.1, 0.15) is 29.5 Å². The van der Waals surface area contributed by atoms with E-state index in [1.165, 1.54) is 5.56 Å². The smallest absolute Gasteiger partial charge is 0.122 e. The van der Waals surface area contributed by atoms with Crippen molar-refractivity contribution in [3.8, 4) is 11.5 Å². The molecule has 0 aromatic heterocycles. The summed E-state index contributed by atoms with van der Waals surface area (Å²) < 4.78 is 0. The van der Waals surface area contributed by atoms with Crippen molar-refractivity contribution in [3.63, 3.8) is 0 Å². The second kappa shape index (κ2) is 7.02. The van der Waals surface area contributed by atoms with E-state index < -0.39 is 0 Å². The Labute approximate surface area is 146 Å². The molecule has 3 heteroatoms. The molecule has 2 nitrogen and oxygen atoms in total. The maximum Gasteiger partial charge on any atom is 0.122 e. The van der Waals surface area contributed by atoms with Crippen LogP contribution < -0.4 is 0 Å². The van der Waals surface area contributed by atoms with Crippen LogP contribution in [0.25, 0.3) is 0 Å². The molecule has 0 radical (unpaired) electrons. The quantitative estimate of drug-likeness (QED) is 0.641. The summed E-state index contributed by atoms with van der Waals surface area (Å²) in [5.41, 5.74) is 2.98. The summed E-state index contributed by atoms with van der Waals surface area (Å²) in [7, 11) is 0. The third-order valence-corrected chi connectivity index (χ3v) is 5.12. The average Bonchev–Trinajstić information content (AvgIpc) is 2.60. The Morgan fingerprint density at radius 2 is 1.50 bits per heavy atom. The molecule has 2 N–H and O–H groups in total. The lowest BCUT2D eigenvalue weighted by atomic mass is 9.91. The first-order valence-electron chi connectivity index (χ1n) is 7.90. The van der Waals surface area contributed by atoms with Crippen LogP contribution in [-0.2, 0) is 0 Å². The van der Waals surface area contributed by atoms with Gasteiger partial charge in [-0.1, -0.05) is 49.0 Å². The van der Waals surface area contributed by atoms with Crippen molar-refractivity contribution < 1.29 is 10.2 Å². The highest BCUT2D eigenvalue weighted by molar-refractivity contribution is 7.99. The van der Waals surface area contributed by atoms with E-state index in [4.69, 9.17) is 0 Å². The summed E-state index contributed by atoms with van der Waals surface area (Å²) in [6, 6.07) is 21.4. The molecule has 0 saturated carbocycles. The van der Waals surface area contributed by atoms with E-state index in [0.29, 0.717) is 5.75 Å². The molecule has 0 saturated heterocycles. The second-order valence-electron chi connectivity index (χ2n) is 5.91. The van der Waals surface area contributed by atoms with Crippen molar-refractivity contribution >= 4 is 11.8 Å². The summed E-state index contributed by atoms with van der Waals surface area (Å²) in [5.74, 6) is 0.742. The van der Waals surface area contributed by atoms with Crippen molar-refractivity contribution in [2.45, 2.75) is 29.6 Å². The zero-order valence-electron chi connectivity index (χ0n) is 13.7. The van der Waals surface area contributed by atoms with E-state index in [0.717, 1.165) is 20.9 Å². The molecule has 0 heterocycles. The molecular weight excluding hydrogens is 316 g/mol. The van der Waals surface area contributed by atoms with E-state index >= 15 is 0 Å². The van der Waals surface area contributed by atoms with Gasteiger partial charge in [0.2, 0.25) is 0 Å². The number of benzene rings is 3. The van der Waals surface area contributed by atoms with Crippen LogP contribution in [-0.4, -0.2) is 10.2 Å². The Morgan fingerprint density at radius 3 is 2.17 bits per heavy atom. The van der Waals surface area contributed by atoms with Gasteiger partial charge >= 0.3 is 0 Å². The summed E-state index contributed by atoms with van der Waals surface area (Å²) in [5, 5.41) is 19.9. The van der Waals surface area contributed by atoms with Crippen molar-refractivity contribution in [1.82, 2.24) is 0 Å². The maximum absolute atomic E-state index is 10.5. The second-order valence-corrected chi connectivity index (χ2v) is 7.05. The van der Waals surface area contributed by atoms with Gasteiger partial charge in [-0.15, -0.1) is 0 Å². The molecule has 1 unspecified atom stereocenters. The number of phenolic OH excluding ortho intramolecular Hbond substituents is 2. The van der Waals surface area contributed by atoms with Gasteiger partial charge in [0.1, 0.15) is 11.5 Å². The molecule has 0 fully saturated rings. The van der Waals surface area contributed by atoms with E-state index in [1.807, 2.05) is 43.3 Å². The Balaban J connectivity index is 1.95. The molecule has 0 spiro atoms. The highest BCUT2D eigenvalue weighted by Crippen LogP contribution is 2.38. The fourth-order valence-electron chi connectivity index (χ4n) is 2.73. The molecule has 122 valence electrons. The molecule has 0 amide bonds. The maximum atomic E-state index is 10.5. The van der Waals surface area contributed by atoms with Crippen LogP contribution in [0.3, 0.4) is 0 Å². The zero-order valence-corrected chi connectivity index (χ0v) is 14.5. The van der Waals surface area contributed by atoms with Crippen LogP contribution in [0.5, 0.6) is 11.5 Å². The van der Waals surface area contributed by atoms with Gasteiger partial charge in [0, 0.05) is 21.3 Å². The normalized spacial score (nSPS) is 12.1. The number of phenols is 2. The Morgan fingerprint density at radius 1 is 0.833 bits per heavy atom. The zero-order chi connectivity index (χ0) is 17.1. The fraction of sp³-hybridized carbons (Fsp3) is 0.143. The summed E-state index contributed by atoms with van der Waals surface area (Å²) in [4.78, 5) is 2.13. The molecule has 3 aromatic carbocycles. The minimum Gasteiger partial charge on any atom is -0.508 e. The Hall–Kier alpha value is -2.39. The van der Waals surface area contributed by atoms with Gasteiger partial charge in [-0.05, 0) is 54.4 Å². The lowest BCUT2D eigenvalue weighted by Gasteiger charge is -2.17. The third-order valence-electron chi connectivity index (χ3n) is 4.14. The van der Waals surface area contributed by atoms with E-state index in [9.17, 15) is 10.2 Å². The van der Waals surface area contributed by atoms with Crippen molar-refractivity contribution in [1.29, 1.82) is 0 Å². The highest BCUT2D eigenvalue weighted by Gasteiger charge is 2.16. The minimum atomic E-state index is 0.116. The molecule has 0 aliphatic rings. The van der Waals surface area contributed by atoms with Crippen molar-refractivity contribution in [2.75, 3.05) is 0 Å². The lowest BCUT2D eigenvalue weighted by molar-refractivity contribution is 0.461. The predicted octanol–water partition coefficient (Wildman–Crippen LogP) is 5.71. The van der Waals surface area contributed by atoms with Gasteiger partial charge in [0.25, 0.3) is 0 Å². The molecule has 3 aromatic rings. The molecule has 0 bridgehead atoms. The van der Waals surface area contributed by atoms with Crippen LogP contribution >= 0.6 is 11.8 Å². The lowest BCUT2D eigenvalue weighted by Crippen LogP contribution is -1.98. The van der Waals surface area contributed by atoms with E-state index in [2.05, 4.69) is 25.1 Å². The first-order chi connectivity index (χ1) is 11.5. The summed E-state index contributed by atoms with van der Waals surface area (Å²) >= 11 is 1.62. The average molecular weight is 336 g/mol. The first-order valence-corrected chi connectivity index (χ1v) is 8.71. The number of aromatic hydroxyl groups is 2. The SMILES string of the molecule is Cc1cc(Sc2ccc(O)cc2)cc(C(C)c2ccccc2)c1O. The Bertz CT molecular complexity index is 826. The van der Waals surface area contributed by atoms with Gasteiger partial charge in [-0.2, -0.15) is 0 Å². The van der Waals surface area contributed by atoms with Gasteiger partial charge in [0.15, 0.2) is 0 Å². The van der Waals surface area contributed by atoms with Crippen LogP contribution in [0.15, 0.2) is 76.5 Å². The summed E-state index contributed by atoms with van der Waals surface area (Å²) in [6.45, 7) is 4.04. The number of rotatable bonds is 4. The van der Waals surface area contributed by atoms with Crippen LogP contribution in [0, 0.1) is 6.92 Å². The van der Waals surface area contributed by atoms with Crippen molar-refractivity contribution in [2.24, 2.45) is 0 Å². The number of aryl methyl sites for hydroxylation is 1. The minimum absolute atomic E-state index is 0.116. The summed E-state index contributed by atoms with van der Waals surface area (Å²) in [6.07, 6.45) is 0.